The first-order chi connectivity index (χ1) is 9.91. The Hall–Kier alpha value is -0.690. The highest BCUT2D eigenvalue weighted by molar-refractivity contribution is 9.10. The van der Waals surface area contributed by atoms with Crippen LogP contribution in [0.2, 0.25) is 0 Å². The van der Waals surface area contributed by atoms with Crippen molar-refractivity contribution < 1.29 is 5.11 Å². The number of aliphatic hydroxyl groups is 1. The van der Waals surface area contributed by atoms with Crippen molar-refractivity contribution in [3.05, 3.63) is 50.2 Å². The normalized spacial score (nSPS) is 12.9. The summed E-state index contributed by atoms with van der Waals surface area (Å²) in [5.41, 5.74) is 2.71. The molecule has 0 saturated heterocycles. The molecule has 1 heterocycles. The van der Waals surface area contributed by atoms with Gasteiger partial charge in [-0.25, -0.2) is 0 Å². The Morgan fingerprint density at radius 1 is 1.29 bits per heavy atom. The van der Waals surface area contributed by atoms with Crippen molar-refractivity contribution in [1.82, 2.24) is 14.7 Å². The molecule has 0 saturated carbocycles. The number of benzene rings is 1. The van der Waals surface area contributed by atoms with E-state index < -0.39 is 6.10 Å². The first-order valence-corrected chi connectivity index (χ1v) is 8.29. The molecule has 0 fully saturated rings. The van der Waals surface area contributed by atoms with Gasteiger partial charge in [-0.2, -0.15) is 5.10 Å². The average molecular weight is 417 g/mol. The molecule has 1 aromatic carbocycles. The molecule has 4 nitrogen and oxygen atoms in total. The molecule has 0 spiro atoms. The summed E-state index contributed by atoms with van der Waals surface area (Å²) < 4.78 is 3.68. The van der Waals surface area contributed by atoms with E-state index in [9.17, 15) is 5.11 Å². The van der Waals surface area contributed by atoms with Crippen molar-refractivity contribution in [3.8, 4) is 0 Å². The molecule has 0 amide bonds. The Balaban J connectivity index is 2.36. The predicted molar refractivity (Wildman–Crippen MR) is 91.4 cm³/mol. The van der Waals surface area contributed by atoms with Crippen LogP contribution >= 0.6 is 31.9 Å². The van der Waals surface area contributed by atoms with Crippen LogP contribution in [0.25, 0.3) is 0 Å². The minimum absolute atomic E-state index is 0.707. The van der Waals surface area contributed by atoms with Gasteiger partial charge in [-0.15, -0.1) is 0 Å². The summed E-state index contributed by atoms with van der Waals surface area (Å²) in [6.07, 6.45) is 1.03. The number of rotatable bonds is 5. The lowest BCUT2D eigenvalue weighted by molar-refractivity contribution is 0.204. The number of halogens is 2. The molecule has 114 valence electrons. The van der Waals surface area contributed by atoms with E-state index in [2.05, 4.69) is 41.9 Å². The fourth-order valence-corrected chi connectivity index (χ4v) is 3.08. The summed E-state index contributed by atoms with van der Waals surface area (Å²) in [5.74, 6) is 0. The Bertz CT molecular complexity index is 625. The molecule has 1 aromatic heterocycles. The molecular formula is C15H19Br2N3O. The molecule has 0 radical (unpaired) electrons. The summed E-state index contributed by atoms with van der Waals surface area (Å²) in [7, 11) is 4.04. The number of nitrogens with zero attached hydrogens (tertiary/aromatic N) is 3. The van der Waals surface area contributed by atoms with Crippen molar-refractivity contribution in [1.29, 1.82) is 0 Å². The highest BCUT2D eigenvalue weighted by Gasteiger charge is 2.21. The summed E-state index contributed by atoms with van der Waals surface area (Å²) in [5, 5.41) is 15.1. The zero-order valence-electron chi connectivity index (χ0n) is 12.3. The molecule has 1 N–H and O–H groups in total. The molecule has 0 bridgehead atoms. The Morgan fingerprint density at radius 3 is 2.67 bits per heavy atom. The van der Waals surface area contributed by atoms with Gasteiger partial charge in [0.25, 0.3) is 0 Å². The molecular weight excluding hydrogens is 398 g/mol. The highest BCUT2D eigenvalue weighted by atomic mass is 79.9. The fraction of sp³-hybridized carbons (Fsp3) is 0.400. The van der Waals surface area contributed by atoms with E-state index in [0.717, 1.165) is 38.9 Å². The topological polar surface area (TPSA) is 41.3 Å². The Morgan fingerprint density at radius 2 is 2.00 bits per heavy atom. The van der Waals surface area contributed by atoms with Gasteiger partial charge >= 0.3 is 0 Å². The number of aromatic nitrogens is 2. The molecule has 2 aromatic rings. The van der Waals surface area contributed by atoms with Gasteiger partial charge in [-0.05, 0) is 54.1 Å². The van der Waals surface area contributed by atoms with Gasteiger partial charge in [0.1, 0.15) is 6.10 Å². The first kappa shape index (κ1) is 16.7. The van der Waals surface area contributed by atoms with Crippen molar-refractivity contribution in [2.75, 3.05) is 20.6 Å². The summed E-state index contributed by atoms with van der Waals surface area (Å²) >= 11 is 7.01. The third-order valence-corrected chi connectivity index (χ3v) is 4.93. The van der Waals surface area contributed by atoms with Crippen LogP contribution in [0, 0.1) is 6.92 Å². The van der Waals surface area contributed by atoms with Crippen LogP contribution < -0.4 is 0 Å². The van der Waals surface area contributed by atoms with Crippen molar-refractivity contribution in [2.45, 2.75) is 19.6 Å². The van der Waals surface area contributed by atoms with Gasteiger partial charge in [-0.3, -0.25) is 4.68 Å². The van der Waals surface area contributed by atoms with E-state index in [4.69, 9.17) is 0 Å². The van der Waals surface area contributed by atoms with E-state index >= 15 is 0 Å². The summed E-state index contributed by atoms with van der Waals surface area (Å²) in [4.78, 5) is 2.09. The third-order valence-electron chi connectivity index (χ3n) is 3.46. The number of likely N-dealkylation sites (N-methyl/N-ethyl adjacent to an activating group) is 1. The van der Waals surface area contributed by atoms with Gasteiger partial charge in [0.2, 0.25) is 0 Å². The van der Waals surface area contributed by atoms with E-state index in [0.29, 0.717) is 0 Å². The molecule has 0 aliphatic rings. The number of hydrogen-bond donors (Lipinski definition) is 1. The quantitative estimate of drug-likeness (QED) is 0.812. The second-order valence-corrected chi connectivity index (χ2v) is 6.97. The van der Waals surface area contributed by atoms with Crippen molar-refractivity contribution >= 4 is 31.9 Å². The standard InChI is InChI=1S/C15H19Br2N3O/c1-10-11(5-4-6-12(10)16)15(21)14-13(17)9-18-20(14)8-7-19(2)3/h4-6,9,15,21H,7-8H2,1-3H3. The van der Waals surface area contributed by atoms with Gasteiger partial charge in [0, 0.05) is 11.0 Å². The third kappa shape index (κ3) is 3.74. The monoisotopic (exact) mass is 415 g/mol. The van der Waals surface area contributed by atoms with E-state index in [1.54, 1.807) is 6.20 Å². The summed E-state index contributed by atoms with van der Waals surface area (Å²) in [6, 6.07) is 5.86. The second-order valence-electron chi connectivity index (χ2n) is 5.26. The first-order valence-electron chi connectivity index (χ1n) is 6.70. The maximum atomic E-state index is 10.8. The molecule has 6 heteroatoms. The zero-order chi connectivity index (χ0) is 15.6. The molecule has 0 aliphatic carbocycles. The molecule has 0 aliphatic heterocycles. The maximum Gasteiger partial charge on any atom is 0.122 e. The predicted octanol–water partition coefficient (Wildman–Crippen LogP) is 3.36. The molecule has 2 rings (SSSR count). The minimum atomic E-state index is -0.707. The average Bonchev–Trinajstić information content (AvgIpc) is 2.80. The maximum absolute atomic E-state index is 10.8. The molecule has 1 atom stereocenters. The van der Waals surface area contributed by atoms with E-state index in [1.807, 2.05) is 43.9 Å². The summed E-state index contributed by atoms with van der Waals surface area (Å²) in [6.45, 7) is 3.60. The van der Waals surface area contributed by atoms with Crippen LogP contribution in [0.15, 0.2) is 33.3 Å². The van der Waals surface area contributed by atoms with Crippen LogP contribution in [0.5, 0.6) is 0 Å². The van der Waals surface area contributed by atoms with E-state index in [1.165, 1.54) is 0 Å². The fourth-order valence-electron chi connectivity index (χ4n) is 2.18. The second kappa shape index (κ2) is 7.05. The lowest BCUT2D eigenvalue weighted by Gasteiger charge is -2.18. The van der Waals surface area contributed by atoms with Crippen LogP contribution in [-0.4, -0.2) is 40.4 Å². The van der Waals surface area contributed by atoms with Gasteiger partial charge < -0.3 is 10.0 Å². The Kier molecular flexibility index (Phi) is 5.60. The van der Waals surface area contributed by atoms with Crippen LogP contribution in [0.1, 0.15) is 22.9 Å². The smallest absolute Gasteiger partial charge is 0.122 e. The van der Waals surface area contributed by atoms with Crippen LogP contribution in [0.4, 0.5) is 0 Å². The minimum Gasteiger partial charge on any atom is -0.382 e. The lowest BCUT2D eigenvalue weighted by Crippen LogP contribution is -2.21. The zero-order valence-corrected chi connectivity index (χ0v) is 15.5. The van der Waals surface area contributed by atoms with Gasteiger partial charge in [0.15, 0.2) is 0 Å². The van der Waals surface area contributed by atoms with E-state index in [-0.39, 0.29) is 0 Å². The SMILES string of the molecule is Cc1c(Br)cccc1C(O)c1c(Br)cnn1CCN(C)C. The molecule has 21 heavy (non-hydrogen) atoms. The van der Waals surface area contributed by atoms with Crippen molar-refractivity contribution in [2.24, 2.45) is 0 Å². The van der Waals surface area contributed by atoms with Crippen molar-refractivity contribution in [3.63, 3.8) is 0 Å². The van der Waals surface area contributed by atoms with Gasteiger partial charge in [0.05, 0.1) is 22.9 Å². The number of aliphatic hydroxyl groups excluding tert-OH is 1. The molecule has 1 unspecified atom stereocenters. The Labute approximate surface area is 142 Å². The van der Waals surface area contributed by atoms with Crippen LogP contribution in [0.3, 0.4) is 0 Å². The highest BCUT2D eigenvalue weighted by Crippen LogP contribution is 2.32. The lowest BCUT2D eigenvalue weighted by atomic mass is 10.0. The largest absolute Gasteiger partial charge is 0.382 e. The number of hydrogen-bond acceptors (Lipinski definition) is 3. The van der Waals surface area contributed by atoms with Crippen LogP contribution in [-0.2, 0) is 6.54 Å². The van der Waals surface area contributed by atoms with Gasteiger partial charge in [-0.1, -0.05) is 28.1 Å².